The average molecular weight is 322 g/mol. The monoisotopic (exact) mass is 322 g/mol. The van der Waals surface area contributed by atoms with Crippen molar-refractivity contribution in [2.75, 3.05) is 31.3 Å². The van der Waals surface area contributed by atoms with Gasteiger partial charge in [0.2, 0.25) is 5.91 Å². The number of hydrogen-bond donors (Lipinski definition) is 2. The molecule has 0 saturated carbocycles. The van der Waals surface area contributed by atoms with Gasteiger partial charge in [-0.25, -0.2) is 0 Å². The first kappa shape index (κ1) is 17.2. The third-order valence-electron chi connectivity index (χ3n) is 3.14. The molecule has 0 unspecified atom stereocenters. The lowest BCUT2D eigenvalue weighted by molar-refractivity contribution is -0.116. The molecule has 0 spiro atoms. The first-order chi connectivity index (χ1) is 11.5. The maximum Gasteiger partial charge on any atom is 0.255 e. The summed E-state index contributed by atoms with van der Waals surface area (Å²) in [6.45, 7) is 0.299. The molecule has 122 valence electrons. The molecule has 6 heteroatoms. The molecule has 0 saturated heterocycles. The summed E-state index contributed by atoms with van der Waals surface area (Å²) in [6.07, 6.45) is 0. The quantitative estimate of drug-likeness (QED) is 0.884. The molecular formula is C18H18N4O2. The lowest BCUT2D eigenvalue weighted by Gasteiger charge is -2.11. The number of carbonyl (C=O) groups is 2. The highest BCUT2D eigenvalue weighted by Gasteiger charge is 2.08. The first-order valence-corrected chi connectivity index (χ1v) is 7.34. The number of anilines is 2. The van der Waals surface area contributed by atoms with Crippen molar-refractivity contribution >= 4 is 23.2 Å². The van der Waals surface area contributed by atoms with Crippen LogP contribution in [0, 0.1) is 11.3 Å². The van der Waals surface area contributed by atoms with E-state index < -0.39 is 0 Å². The van der Waals surface area contributed by atoms with Gasteiger partial charge in [0.1, 0.15) is 0 Å². The number of amides is 2. The molecule has 2 N–H and O–H groups in total. The highest BCUT2D eigenvalue weighted by atomic mass is 16.2. The largest absolute Gasteiger partial charge is 0.325 e. The van der Waals surface area contributed by atoms with Crippen LogP contribution < -0.4 is 10.6 Å². The molecule has 0 radical (unpaired) electrons. The molecule has 2 aromatic rings. The average Bonchev–Trinajstić information content (AvgIpc) is 2.56. The summed E-state index contributed by atoms with van der Waals surface area (Å²) in [6, 6.07) is 15.3. The summed E-state index contributed by atoms with van der Waals surface area (Å²) in [5.74, 6) is -0.401. The third-order valence-corrected chi connectivity index (χ3v) is 3.14. The fraction of sp³-hybridized carbons (Fsp3) is 0.167. The van der Waals surface area contributed by atoms with E-state index in [2.05, 4.69) is 10.6 Å². The Morgan fingerprint density at radius 2 is 1.67 bits per heavy atom. The maximum atomic E-state index is 12.2. The van der Waals surface area contributed by atoms with Crippen molar-refractivity contribution in [2.24, 2.45) is 0 Å². The third kappa shape index (κ3) is 4.93. The molecule has 2 rings (SSSR count). The Kier molecular flexibility index (Phi) is 5.66. The van der Waals surface area contributed by atoms with Crippen LogP contribution in [-0.2, 0) is 4.79 Å². The number of likely N-dealkylation sites (N-methyl/N-ethyl adjacent to an activating group) is 1. The van der Waals surface area contributed by atoms with Gasteiger partial charge < -0.3 is 15.5 Å². The van der Waals surface area contributed by atoms with Gasteiger partial charge in [0, 0.05) is 16.9 Å². The van der Waals surface area contributed by atoms with Crippen LogP contribution >= 0.6 is 0 Å². The Bertz CT molecular complexity index is 776. The summed E-state index contributed by atoms with van der Waals surface area (Å²) in [4.78, 5) is 25.6. The van der Waals surface area contributed by atoms with Gasteiger partial charge in [-0.2, -0.15) is 5.26 Å². The van der Waals surface area contributed by atoms with Crippen molar-refractivity contribution < 1.29 is 9.59 Å². The van der Waals surface area contributed by atoms with Crippen molar-refractivity contribution in [1.29, 1.82) is 5.26 Å². The minimum atomic E-state index is -0.295. The lowest BCUT2D eigenvalue weighted by atomic mass is 10.1. The van der Waals surface area contributed by atoms with E-state index in [9.17, 15) is 9.59 Å². The van der Waals surface area contributed by atoms with Crippen molar-refractivity contribution in [3.05, 3.63) is 59.7 Å². The van der Waals surface area contributed by atoms with Crippen molar-refractivity contribution in [2.45, 2.75) is 0 Å². The van der Waals surface area contributed by atoms with Gasteiger partial charge in [-0.05, 0) is 56.6 Å². The summed E-state index contributed by atoms with van der Waals surface area (Å²) < 4.78 is 0. The van der Waals surface area contributed by atoms with Crippen molar-refractivity contribution in [1.82, 2.24) is 4.90 Å². The predicted molar refractivity (Wildman–Crippen MR) is 92.7 cm³/mol. The normalized spacial score (nSPS) is 10.1. The van der Waals surface area contributed by atoms with Gasteiger partial charge >= 0.3 is 0 Å². The van der Waals surface area contributed by atoms with Crippen LogP contribution in [0.25, 0.3) is 0 Å². The second-order valence-electron chi connectivity index (χ2n) is 5.51. The van der Waals surface area contributed by atoms with E-state index in [1.54, 1.807) is 47.4 Å². The smallest absolute Gasteiger partial charge is 0.255 e. The van der Waals surface area contributed by atoms with Gasteiger partial charge in [-0.3, -0.25) is 9.59 Å². The fourth-order valence-electron chi connectivity index (χ4n) is 2.06. The second kappa shape index (κ2) is 7.90. The van der Waals surface area contributed by atoms with E-state index in [1.807, 2.05) is 20.2 Å². The summed E-state index contributed by atoms with van der Waals surface area (Å²) >= 11 is 0. The molecule has 0 aliphatic carbocycles. The van der Waals surface area contributed by atoms with Crippen LogP contribution in [0.5, 0.6) is 0 Å². The summed E-state index contributed by atoms with van der Waals surface area (Å²) in [5, 5.41) is 14.4. The van der Waals surface area contributed by atoms with E-state index in [0.717, 1.165) is 0 Å². The SMILES string of the molecule is CN(C)CC(=O)Nc1ccc(NC(=O)c2cccc(C#N)c2)cc1. The van der Waals surface area contributed by atoms with Crippen LogP contribution in [0.4, 0.5) is 11.4 Å². The zero-order valence-electron chi connectivity index (χ0n) is 13.5. The molecule has 2 aromatic carbocycles. The minimum absolute atomic E-state index is 0.106. The topological polar surface area (TPSA) is 85.2 Å². The molecule has 0 aromatic heterocycles. The van der Waals surface area contributed by atoms with Gasteiger partial charge in [-0.15, -0.1) is 0 Å². The highest BCUT2D eigenvalue weighted by molar-refractivity contribution is 6.04. The van der Waals surface area contributed by atoms with Gasteiger partial charge in [0.25, 0.3) is 5.91 Å². The van der Waals surface area contributed by atoms with Crippen LogP contribution in [0.1, 0.15) is 15.9 Å². The molecular weight excluding hydrogens is 304 g/mol. The Balaban J connectivity index is 1.99. The molecule has 2 amide bonds. The lowest BCUT2D eigenvalue weighted by Crippen LogP contribution is -2.27. The van der Waals surface area contributed by atoms with E-state index in [1.165, 1.54) is 6.07 Å². The number of benzene rings is 2. The number of nitriles is 1. The molecule has 24 heavy (non-hydrogen) atoms. The van der Waals surface area contributed by atoms with Crippen LogP contribution in [0.15, 0.2) is 48.5 Å². The Morgan fingerprint density at radius 1 is 1.04 bits per heavy atom. The van der Waals surface area contributed by atoms with Gasteiger partial charge in [0.15, 0.2) is 0 Å². The van der Waals surface area contributed by atoms with E-state index in [4.69, 9.17) is 5.26 Å². The summed E-state index contributed by atoms with van der Waals surface area (Å²) in [5.41, 5.74) is 2.11. The number of rotatable bonds is 5. The zero-order valence-corrected chi connectivity index (χ0v) is 13.5. The minimum Gasteiger partial charge on any atom is -0.325 e. The van der Waals surface area contributed by atoms with E-state index in [-0.39, 0.29) is 11.8 Å². The zero-order chi connectivity index (χ0) is 17.5. The molecule has 0 aliphatic heterocycles. The van der Waals surface area contributed by atoms with Gasteiger partial charge in [0.05, 0.1) is 18.2 Å². The summed E-state index contributed by atoms with van der Waals surface area (Å²) in [7, 11) is 3.64. The highest BCUT2D eigenvalue weighted by Crippen LogP contribution is 2.15. The van der Waals surface area contributed by atoms with Crippen molar-refractivity contribution in [3.63, 3.8) is 0 Å². The predicted octanol–water partition coefficient (Wildman–Crippen LogP) is 2.31. The Hall–Kier alpha value is -3.17. The van der Waals surface area contributed by atoms with Crippen LogP contribution in [0.2, 0.25) is 0 Å². The molecule has 0 aliphatic rings. The van der Waals surface area contributed by atoms with Gasteiger partial charge in [-0.1, -0.05) is 6.07 Å². The number of nitrogens with one attached hydrogen (secondary N) is 2. The van der Waals surface area contributed by atoms with Crippen molar-refractivity contribution in [3.8, 4) is 6.07 Å². The number of nitrogens with zero attached hydrogens (tertiary/aromatic N) is 2. The molecule has 0 heterocycles. The Labute approximate surface area is 140 Å². The Morgan fingerprint density at radius 3 is 2.25 bits per heavy atom. The number of carbonyl (C=O) groups excluding carboxylic acids is 2. The van der Waals surface area contributed by atoms with Crippen LogP contribution in [-0.4, -0.2) is 37.4 Å². The van der Waals surface area contributed by atoms with Crippen LogP contribution in [0.3, 0.4) is 0 Å². The molecule has 6 nitrogen and oxygen atoms in total. The molecule has 0 fully saturated rings. The second-order valence-corrected chi connectivity index (χ2v) is 5.51. The first-order valence-electron chi connectivity index (χ1n) is 7.34. The van der Waals surface area contributed by atoms with E-state index in [0.29, 0.717) is 29.0 Å². The molecule has 0 bridgehead atoms. The maximum absolute atomic E-state index is 12.2. The molecule has 0 atom stereocenters. The van der Waals surface area contributed by atoms with E-state index >= 15 is 0 Å². The standard InChI is InChI=1S/C18H18N4O2/c1-22(2)12-17(23)20-15-6-8-16(9-7-15)21-18(24)14-5-3-4-13(10-14)11-19/h3-10H,12H2,1-2H3,(H,20,23)(H,21,24). The fourth-order valence-corrected chi connectivity index (χ4v) is 2.06. The number of hydrogen-bond acceptors (Lipinski definition) is 4.